The molecule has 1 aromatic rings. The van der Waals surface area contributed by atoms with Gasteiger partial charge in [-0.15, -0.1) is 0 Å². The molecule has 1 saturated heterocycles. The van der Waals surface area contributed by atoms with E-state index in [0.717, 1.165) is 5.56 Å². The van der Waals surface area contributed by atoms with E-state index >= 15 is 0 Å². The van der Waals surface area contributed by atoms with Crippen LogP contribution in [0, 0.1) is 16.7 Å². The summed E-state index contributed by atoms with van der Waals surface area (Å²) >= 11 is 0. The van der Waals surface area contributed by atoms with Crippen LogP contribution < -0.4 is 0 Å². The zero-order chi connectivity index (χ0) is 19.4. The first kappa shape index (κ1) is 17.1. The van der Waals surface area contributed by atoms with Gasteiger partial charge in [0.2, 0.25) is 0 Å². The summed E-state index contributed by atoms with van der Waals surface area (Å²) in [5.41, 5.74) is -3.51. The van der Waals surface area contributed by atoms with Crippen molar-refractivity contribution < 1.29 is 24.2 Å². The van der Waals surface area contributed by atoms with E-state index in [2.05, 4.69) is 0 Å². The predicted molar refractivity (Wildman–Crippen MR) is 96.6 cm³/mol. The van der Waals surface area contributed by atoms with Crippen LogP contribution in [0.2, 0.25) is 0 Å². The van der Waals surface area contributed by atoms with E-state index in [1.165, 1.54) is 0 Å². The van der Waals surface area contributed by atoms with Gasteiger partial charge < -0.3 is 14.6 Å². The number of allylic oxidation sites excluding steroid dienone is 1. The smallest absolute Gasteiger partial charge is 0.181 e. The Morgan fingerprint density at radius 1 is 1.07 bits per heavy atom. The van der Waals surface area contributed by atoms with Crippen molar-refractivity contribution in [1.29, 1.82) is 0 Å². The fourth-order valence-electron chi connectivity index (χ4n) is 5.96. The number of aliphatic hydroxyl groups is 1. The number of ketones is 2. The lowest BCUT2D eigenvalue weighted by molar-refractivity contribution is -0.208. The molecule has 1 saturated carbocycles. The molecular weight excluding hydrogens is 344 g/mol. The summed E-state index contributed by atoms with van der Waals surface area (Å²) in [7, 11) is 0. The summed E-state index contributed by atoms with van der Waals surface area (Å²) in [4.78, 5) is 26.9. The van der Waals surface area contributed by atoms with E-state index in [9.17, 15) is 14.7 Å². The molecule has 0 spiro atoms. The number of ether oxygens (including phenoxy) is 2. The van der Waals surface area contributed by atoms with Gasteiger partial charge in [0.05, 0.1) is 24.0 Å². The second-order valence-electron chi connectivity index (χ2n) is 9.19. The first-order valence-electron chi connectivity index (χ1n) is 9.51. The summed E-state index contributed by atoms with van der Waals surface area (Å²) < 4.78 is 12.2. The zero-order valence-electron chi connectivity index (χ0n) is 16.0. The van der Waals surface area contributed by atoms with Crippen LogP contribution in [-0.2, 0) is 19.1 Å². The summed E-state index contributed by atoms with van der Waals surface area (Å²) in [5, 5.41) is 11.8. The Kier molecular flexibility index (Phi) is 2.99. The number of Topliss-reactive ketones (excluding diaryl/α,β-unsaturated/α-hetero) is 2. The lowest BCUT2D eigenvalue weighted by Crippen LogP contribution is -2.77. The van der Waals surface area contributed by atoms with E-state index in [0.29, 0.717) is 5.76 Å². The van der Waals surface area contributed by atoms with Gasteiger partial charge in [-0.25, -0.2) is 0 Å². The third kappa shape index (κ3) is 1.57. The maximum atomic E-state index is 13.6. The predicted octanol–water partition coefficient (Wildman–Crippen LogP) is 2.74. The standard InChI is InChI=1S/C22H24O5/c1-19(2)15-11-26-21(4)18(24)20(19,3)17-16(22(15,21)25)13(23)10-14(27-17)12-8-6-5-7-9-12/h5-9,14-15,25H,10-11H2,1-4H3/t14-,15-,20-,21+,22-/m1/s1. The van der Waals surface area contributed by atoms with Gasteiger partial charge in [-0.05, 0) is 24.8 Å². The first-order valence-corrected chi connectivity index (χ1v) is 9.51. The maximum absolute atomic E-state index is 13.6. The van der Waals surface area contributed by atoms with Crippen LogP contribution in [0.1, 0.15) is 45.8 Å². The Morgan fingerprint density at radius 3 is 2.41 bits per heavy atom. The molecule has 5 heteroatoms. The van der Waals surface area contributed by atoms with Crippen molar-refractivity contribution >= 4 is 11.6 Å². The molecule has 2 heterocycles. The average molecular weight is 368 g/mol. The first-order chi connectivity index (χ1) is 12.6. The molecule has 0 aromatic heterocycles. The number of carbonyl (C=O) groups is 2. The molecule has 5 atom stereocenters. The van der Waals surface area contributed by atoms with Gasteiger partial charge >= 0.3 is 0 Å². The summed E-state index contributed by atoms with van der Waals surface area (Å²) in [6.45, 7) is 7.68. The van der Waals surface area contributed by atoms with Gasteiger partial charge in [0.1, 0.15) is 17.5 Å². The second kappa shape index (κ2) is 4.70. The van der Waals surface area contributed by atoms with Crippen LogP contribution >= 0.6 is 0 Å². The Morgan fingerprint density at radius 2 is 1.74 bits per heavy atom. The highest BCUT2D eigenvalue weighted by atomic mass is 16.5. The molecule has 2 aliphatic heterocycles. The SMILES string of the molecule is CC1(C)[C@H]2CO[C@@]3(C)C(=O)[C@@]1(C)C1=C(C(=O)C[C@H](c4ccccc4)O1)[C@]23O. The lowest BCUT2D eigenvalue weighted by Gasteiger charge is -2.64. The van der Waals surface area contributed by atoms with Gasteiger partial charge in [0, 0.05) is 5.92 Å². The number of carbonyl (C=O) groups excluding carboxylic acids is 2. The second-order valence-corrected chi connectivity index (χ2v) is 9.19. The summed E-state index contributed by atoms with van der Waals surface area (Å²) in [6, 6.07) is 9.55. The van der Waals surface area contributed by atoms with E-state index in [1.807, 2.05) is 51.1 Å². The highest BCUT2D eigenvalue weighted by molar-refractivity contribution is 6.09. The highest BCUT2D eigenvalue weighted by Gasteiger charge is 2.83. The van der Waals surface area contributed by atoms with Gasteiger partial charge in [0.25, 0.3) is 0 Å². The van der Waals surface area contributed by atoms with Crippen molar-refractivity contribution in [3.8, 4) is 0 Å². The van der Waals surface area contributed by atoms with Crippen molar-refractivity contribution in [3.05, 3.63) is 47.2 Å². The number of rotatable bonds is 1. The Bertz CT molecular complexity index is 916. The molecular formula is C22H24O5. The van der Waals surface area contributed by atoms with Crippen LogP contribution in [-0.4, -0.2) is 34.5 Å². The number of hydrogen-bond acceptors (Lipinski definition) is 5. The molecule has 4 bridgehead atoms. The number of hydrogen-bond donors (Lipinski definition) is 1. The van der Waals surface area contributed by atoms with E-state index in [1.54, 1.807) is 6.92 Å². The van der Waals surface area contributed by atoms with Gasteiger partial charge in [-0.2, -0.15) is 0 Å². The molecule has 5 aliphatic rings. The monoisotopic (exact) mass is 368 g/mol. The molecule has 27 heavy (non-hydrogen) atoms. The highest BCUT2D eigenvalue weighted by Crippen LogP contribution is 2.72. The van der Waals surface area contributed by atoms with Crippen molar-refractivity contribution in [2.45, 2.75) is 51.4 Å². The third-order valence-corrected chi connectivity index (χ3v) is 7.96. The number of benzene rings is 1. The average Bonchev–Trinajstić information content (AvgIpc) is 2.90. The van der Waals surface area contributed by atoms with Crippen LogP contribution in [0.25, 0.3) is 0 Å². The molecule has 6 rings (SSSR count). The Hall–Kier alpha value is -1.98. The van der Waals surface area contributed by atoms with Gasteiger partial charge in [-0.3, -0.25) is 9.59 Å². The molecule has 1 aromatic carbocycles. The van der Waals surface area contributed by atoms with E-state index < -0.39 is 28.1 Å². The van der Waals surface area contributed by atoms with E-state index in [4.69, 9.17) is 9.47 Å². The van der Waals surface area contributed by atoms with E-state index in [-0.39, 0.29) is 36.1 Å². The lowest BCUT2D eigenvalue weighted by atomic mass is 9.39. The Labute approximate surface area is 158 Å². The topological polar surface area (TPSA) is 72.8 Å². The van der Waals surface area contributed by atoms with Crippen molar-refractivity contribution in [1.82, 2.24) is 0 Å². The molecule has 2 fully saturated rings. The minimum Gasteiger partial charge on any atom is -0.488 e. The molecule has 0 radical (unpaired) electrons. The normalized spacial score (nSPS) is 44.3. The largest absolute Gasteiger partial charge is 0.488 e. The molecule has 0 amide bonds. The Balaban J connectivity index is 1.76. The van der Waals surface area contributed by atoms with Crippen LogP contribution in [0.5, 0.6) is 0 Å². The molecule has 3 aliphatic carbocycles. The van der Waals surface area contributed by atoms with Crippen LogP contribution in [0.3, 0.4) is 0 Å². The summed E-state index contributed by atoms with van der Waals surface area (Å²) in [6.07, 6.45) is -0.300. The van der Waals surface area contributed by atoms with Gasteiger partial charge in [0.15, 0.2) is 17.2 Å². The van der Waals surface area contributed by atoms with Crippen molar-refractivity contribution in [2.75, 3.05) is 6.61 Å². The van der Waals surface area contributed by atoms with Crippen molar-refractivity contribution in [2.24, 2.45) is 16.7 Å². The van der Waals surface area contributed by atoms with Crippen LogP contribution in [0.15, 0.2) is 41.7 Å². The fraction of sp³-hybridized carbons (Fsp3) is 0.545. The van der Waals surface area contributed by atoms with Crippen molar-refractivity contribution in [3.63, 3.8) is 0 Å². The minimum atomic E-state index is -1.64. The van der Waals surface area contributed by atoms with Gasteiger partial charge in [-0.1, -0.05) is 44.2 Å². The minimum absolute atomic E-state index is 0.149. The summed E-state index contributed by atoms with van der Waals surface area (Å²) in [5.74, 6) is -0.332. The quantitative estimate of drug-likeness (QED) is 0.825. The molecule has 0 unspecified atom stereocenters. The molecule has 5 nitrogen and oxygen atoms in total. The van der Waals surface area contributed by atoms with Crippen LogP contribution in [0.4, 0.5) is 0 Å². The molecule has 1 N–H and O–H groups in total. The molecule has 142 valence electrons. The fourth-order valence-corrected chi connectivity index (χ4v) is 5.96. The maximum Gasteiger partial charge on any atom is 0.181 e. The third-order valence-electron chi connectivity index (χ3n) is 7.96. The zero-order valence-corrected chi connectivity index (χ0v) is 16.0.